The Kier molecular flexibility index (Phi) is 5.19. The van der Waals surface area contributed by atoms with Crippen molar-refractivity contribution in [1.29, 1.82) is 0 Å². The van der Waals surface area contributed by atoms with Crippen molar-refractivity contribution in [2.24, 2.45) is 11.8 Å². The minimum absolute atomic E-state index is 0.110. The lowest BCUT2D eigenvalue weighted by Crippen LogP contribution is -2.22. The van der Waals surface area contributed by atoms with Gasteiger partial charge in [-0.2, -0.15) is 0 Å². The van der Waals surface area contributed by atoms with E-state index in [0.717, 1.165) is 44.8 Å². The smallest absolute Gasteiger partial charge is 0.305 e. The van der Waals surface area contributed by atoms with E-state index in [1.165, 1.54) is 0 Å². The predicted octanol–water partition coefficient (Wildman–Crippen LogP) is 2.88. The Labute approximate surface area is 121 Å². The molecule has 1 saturated heterocycles. The minimum Gasteiger partial charge on any atom is -0.465 e. The van der Waals surface area contributed by atoms with Gasteiger partial charge < -0.3 is 14.3 Å². The number of esters is 1. The van der Waals surface area contributed by atoms with Crippen LogP contribution in [-0.4, -0.2) is 30.6 Å². The fraction of sp³-hybridized carbons (Fsp3) is 0.875. The third-order valence-electron chi connectivity index (χ3n) is 4.73. The normalized spacial score (nSPS) is 36.4. The molecule has 1 saturated carbocycles. The zero-order valence-corrected chi connectivity index (χ0v) is 12.6. The van der Waals surface area contributed by atoms with Crippen LogP contribution in [-0.2, 0) is 19.1 Å². The topological polar surface area (TPSA) is 55.9 Å². The van der Waals surface area contributed by atoms with Crippen molar-refractivity contribution in [3.8, 4) is 0 Å². The van der Waals surface area contributed by atoms with Crippen molar-refractivity contribution in [1.82, 2.24) is 0 Å². The Morgan fingerprint density at radius 3 is 2.90 bits per heavy atom. The Morgan fingerprint density at radius 2 is 2.25 bits per heavy atom. The molecule has 2 aliphatic rings. The lowest BCUT2D eigenvalue weighted by molar-refractivity contribution is -0.145. The van der Waals surface area contributed by atoms with E-state index >= 15 is 0 Å². The second-order valence-electron chi connectivity index (χ2n) is 6.44. The number of rotatable bonds is 7. The molecule has 4 nitrogen and oxygen atoms in total. The molecule has 4 atom stereocenters. The van der Waals surface area contributed by atoms with Crippen molar-refractivity contribution < 1.29 is 19.1 Å². The summed E-state index contributed by atoms with van der Waals surface area (Å²) in [7, 11) is 0. The minimum atomic E-state index is -0.134. The van der Waals surface area contributed by atoms with Gasteiger partial charge in [-0.05, 0) is 44.9 Å². The number of carbonyl (C=O) groups is 2. The molecule has 0 amide bonds. The zero-order chi connectivity index (χ0) is 14.6. The molecule has 0 bridgehead atoms. The van der Waals surface area contributed by atoms with E-state index in [1.807, 2.05) is 0 Å². The number of hydrogen-bond acceptors (Lipinski definition) is 4. The second kappa shape index (κ2) is 6.70. The molecule has 0 aromatic rings. The van der Waals surface area contributed by atoms with Crippen LogP contribution >= 0.6 is 0 Å². The van der Waals surface area contributed by atoms with Gasteiger partial charge in [0.15, 0.2) is 0 Å². The highest BCUT2D eigenvalue weighted by Crippen LogP contribution is 2.42. The summed E-state index contributed by atoms with van der Waals surface area (Å²) in [4.78, 5) is 22.6. The standard InChI is InChI=1S/C16H26O4/c1-3-14-16(2,20-14)8-7-15(18)19-11-13-6-4-5-12(9-13)10-17/h10,12-14H,3-9,11H2,1-2H3. The molecule has 0 radical (unpaired) electrons. The fourth-order valence-corrected chi connectivity index (χ4v) is 3.27. The summed E-state index contributed by atoms with van der Waals surface area (Å²) < 4.78 is 10.9. The van der Waals surface area contributed by atoms with Gasteiger partial charge in [0.25, 0.3) is 0 Å². The van der Waals surface area contributed by atoms with Crippen LogP contribution in [0.1, 0.15) is 58.8 Å². The SMILES string of the molecule is CCC1OC1(C)CCC(=O)OCC1CCCC(C=O)C1. The van der Waals surface area contributed by atoms with Gasteiger partial charge in [0, 0.05) is 12.3 Å². The van der Waals surface area contributed by atoms with E-state index in [1.54, 1.807) is 0 Å². The van der Waals surface area contributed by atoms with Crippen LogP contribution in [0.2, 0.25) is 0 Å². The molecule has 0 spiro atoms. The first-order valence-electron chi connectivity index (χ1n) is 7.86. The number of epoxide rings is 1. The van der Waals surface area contributed by atoms with Crippen LogP contribution in [0.5, 0.6) is 0 Å². The summed E-state index contributed by atoms with van der Waals surface area (Å²) in [6.45, 7) is 4.63. The molecule has 0 N–H and O–H groups in total. The molecule has 2 fully saturated rings. The van der Waals surface area contributed by atoms with Gasteiger partial charge in [-0.3, -0.25) is 4.79 Å². The van der Waals surface area contributed by atoms with Crippen molar-refractivity contribution in [2.45, 2.75) is 70.5 Å². The number of carbonyl (C=O) groups excluding carboxylic acids is 2. The first kappa shape index (κ1) is 15.5. The van der Waals surface area contributed by atoms with Crippen molar-refractivity contribution in [2.75, 3.05) is 6.61 Å². The highest BCUT2D eigenvalue weighted by molar-refractivity contribution is 5.69. The van der Waals surface area contributed by atoms with E-state index in [-0.39, 0.29) is 17.5 Å². The van der Waals surface area contributed by atoms with Crippen LogP contribution in [0.25, 0.3) is 0 Å². The summed E-state index contributed by atoms with van der Waals surface area (Å²) >= 11 is 0. The summed E-state index contributed by atoms with van der Waals surface area (Å²) in [6, 6.07) is 0. The van der Waals surface area contributed by atoms with Gasteiger partial charge in [-0.25, -0.2) is 0 Å². The van der Waals surface area contributed by atoms with Gasteiger partial charge in [0.05, 0.1) is 18.3 Å². The predicted molar refractivity (Wildman–Crippen MR) is 75.3 cm³/mol. The van der Waals surface area contributed by atoms with Gasteiger partial charge >= 0.3 is 5.97 Å². The Hall–Kier alpha value is -0.900. The zero-order valence-electron chi connectivity index (χ0n) is 12.6. The van der Waals surface area contributed by atoms with E-state index in [0.29, 0.717) is 25.0 Å². The van der Waals surface area contributed by atoms with Crippen LogP contribution in [0, 0.1) is 11.8 Å². The Bertz CT molecular complexity index is 354. The molecule has 0 aromatic carbocycles. The monoisotopic (exact) mass is 282 g/mol. The average molecular weight is 282 g/mol. The van der Waals surface area contributed by atoms with Gasteiger partial charge in [-0.15, -0.1) is 0 Å². The lowest BCUT2D eigenvalue weighted by atomic mass is 9.83. The molecule has 4 unspecified atom stereocenters. The molecule has 0 aromatic heterocycles. The lowest BCUT2D eigenvalue weighted by Gasteiger charge is -2.25. The third kappa shape index (κ3) is 4.05. The summed E-state index contributed by atoms with van der Waals surface area (Å²) in [5, 5.41) is 0. The molecule has 1 heterocycles. The maximum absolute atomic E-state index is 11.8. The highest BCUT2D eigenvalue weighted by atomic mass is 16.6. The maximum Gasteiger partial charge on any atom is 0.305 e. The summed E-state index contributed by atoms with van der Waals surface area (Å²) in [6.07, 6.45) is 7.51. The van der Waals surface area contributed by atoms with Crippen molar-refractivity contribution in [3.05, 3.63) is 0 Å². The van der Waals surface area contributed by atoms with Crippen LogP contribution in [0.4, 0.5) is 0 Å². The van der Waals surface area contributed by atoms with Crippen LogP contribution in [0.3, 0.4) is 0 Å². The second-order valence-corrected chi connectivity index (χ2v) is 6.44. The average Bonchev–Trinajstić information content (AvgIpc) is 3.14. The molecular formula is C16H26O4. The van der Waals surface area contributed by atoms with Crippen LogP contribution in [0.15, 0.2) is 0 Å². The maximum atomic E-state index is 11.8. The Balaban J connectivity index is 1.62. The van der Waals surface area contributed by atoms with E-state index < -0.39 is 0 Å². The van der Waals surface area contributed by atoms with Gasteiger partial charge in [0.2, 0.25) is 0 Å². The quantitative estimate of drug-likeness (QED) is 0.409. The Morgan fingerprint density at radius 1 is 1.45 bits per heavy atom. The summed E-state index contributed by atoms with van der Waals surface area (Å²) in [5.74, 6) is 0.389. The molecule has 114 valence electrons. The summed E-state index contributed by atoms with van der Waals surface area (Å²) in [5.41, 5.74) is -0.110. The first-order valence-corrected chi connectivity index (χ1v) is 7.86. The van der Waals surface area contributed by atoms with Gasteiger partial charge in [0.1, 0.15) is 6.29 Å². The number of hydrogen-bond donors (Lipinski definition) is 0. The molecule has 2 rings (SSSR count). The molecule has 1 aliphatic carbocycles. The van der Waals surface area contributed by atoms with Gasteiger partial charge in [-0.1, -0.05) is 13.3 Å². The third-order valence-corrected chi connectivity index (χ3v) is 4.73. The molecule has 4 heteroatoms. The fourth-order valence-electron chi connectivity index (χ4n) is 3.27. The van der Waals surface area contributed by atoms with Crippen molar-refractivity contribution >= 4 is 12.3 Å². The van der Waals surface area contributed by atoms with E-state index in [4.69, 9.17) is 9.47 Å². The van der Waals surface area contributed by atoms with Crippen LogP contribution < -0.4 is 0 Å². The molecular weight excluding hydrogens is 256 g/mol. The van der Waals surface area contributed by atoms with E-state index in [9.17, 15) is 9.59 Å². The molecule has 1 aliphatic heterocycles. The molecule has 20 heavy (non-hydrogen) atoms. The number of aldehydes is 1. The van der Waals surface area contributed by atoms with Crippen molar-refractivity contribution in [3.63, 3.8) is 0 Å². The highest BCUT2D eigenvalue weighted by Gasteiger charge is 2.50. The number of ether oxygens (including phenoxy) is 2. The largest absolute Gasteiger partial charge is 0.465 e. The van der Waals surface area contributed by atoms with E-state index in [2.05, 4.69) is 13.8 Å². The first-order chi connectivity index (χ1) is 9.57.